The van der Waals surface area contributed by atoms with Crippen LogP contribution in [0.15, 0.2) is 22.7 Å². The number of aliphatic hydroxyl groups is 1. The Morgan fingerprint density at radius 3 is 2.75 bits per heavy atom. The molecule has 3 heteroatoms. The van der Waals surface area contributed by atoms with E-state index in [2.05, 4.69) is 21.2 Å². The SMILES string of the molecule is CNC(O)c1cc(Br)ccc1C. The van der Waals surface area contributed by atoms with Gasteiger partial charge in [0.15, 0.2) is 0 Å². The van der Waals surface area contributed by atoms with E-state index in [4.69, 9.17) is 0 Å². The van der Waals surface area contributed by atoms with Crippen LogP contribution in [0, 0.1) is 6.92 Å². The third-order valence-corrected chi connectivity index (χ3v) is 2.30. The number of halogens is 1. The molecular weight excluding hydrogens is 218 g/mol. The van der Waals surface area contributed by atoms with Gasteiger partial charge in [-0.3, -0.25) is 5.32 Å². The summed E-state index contributed by atoms with van der Waals surface area (Å²) in [6, 6.07) is 5.84. The van der Waals surface area contributed by atoms with Crippen LogP contribution in [0.1, 0.15) is 17.4 Å². The normalized spacial score (nSPS) is 13.0. The fourth-order valence-corrected chi connectivity index (χ4v) is 1.44. The maximum atomic E-state index is 9.50. The summed E-state index contributed by atoms with van der Waals surface area (Å²) in [5.41, 5.74) is 1.99. The van der Waals surface area contributed by atoms with Crippen molar-refractivity contribution >= 4 is 15.9 Å². The number of nitrogens with one attached hydrogen (secondary N) is 1. The van der Waals surface area contributed by atoms with E-state index in [0.29, 0.717) is 0 Å². The molecule has 0 saturated heterocycles. The molecule has 66 valence electrons. The molecule has 2 N–H and O–H groups in total. The van der Waals surface area contributed by atoms with E-state index >= 15 is 0 Å². The zero-order chi connectivity index (χ0) is 9.14. The fraction of sp³-hybridized carbons (Fsp3) is 0.333. The lowest BCUT2D eigenvalue weighted by Crippen LogP contribution is -2.16. The van der Waals surface area contributed by atoms with Gasteiger partial charge in [-0.2, -0.15) is 0 Å². The van der Waals surface area contributed by atoms with Gasteiger partial charge >= 0.3 is 0 Å². The molecule has 1 unspecified atom stereocenters. The second kappa shape index (κ2) is 4.03. The lowest BCUT2D eigenvalue weighted by Gasteiger charge is -2.12. The summed E-state index contributed by atoms with van der Waals surface area (Å²) >= 11 is 3.35. The molecule has 0 aromatic heterocycles. The van der Waals surface area contributed by atoms with Crippen LogP contribution in [0.4, 0.5) is 0 Å². The Balaban J connectivity index is 3.04. The first-order valence-electron chi connectivity index (χ1n) is 3.76. The predicted molar refractivity (Wildman–Crippen MR) is 52.9 cm³/mol. The number of benzene rings is 1. The van der Waals surface area contributed by atoms with Crippen molar-refractivity contribution in [2.75, 3.05) is 7.05 Å². The summed E-state index contributed by atoms with van der Waals surface area (Å²) in [5.74, 6) is 0. The first-order valence-corrected chi connectivity index (χ1v) is 4.56. The van der Waals surface area contributed by atoms with Crippen LogP contribution in [0.25, 0.3) is 0 Å². The van der Waals surface area contributed by atoms with Crippen LogP contribution in [-0.2, 0) is 0 Å². The summed E-state index contributed by atoms with van der Waals surface area (Å²) in [4.78, 5) is 0. The van der Waals surface area contributed by atoms with Crippen molar-refractivity contribution in [3.05, 3.63) is 33.8 Å². The van der Waals surface area contributed by atoms with Crippen LogP contribution in [0.3, 0.4) is 0 Å². The minimum Gasteiger partial charge on any atom is -0.374 e. The predicted octanol–water partition coefficient (Wildman–Crippen LogP) is 1.97. The molecule has 0 bridgehead atoms. The molecule has 1 rings (SSSR count). The average molecular weight is 230 g/mol. The van der Waals surface area contributed by atoms with Gasteiger partial charge < -0.3 is 5.11 Å². The lowest BCUT2D eigenvalue weighted by atomic mass is 10.1. The number of aryl methyl sites for hydroxylation is 1. The van der Waals surface area contributed by atoms with Crippen molar-refractivity contribution in [1.82, 2.24) is 5.32 Å². The summed E-state index contributed by atoms with van der Waals surface area (Å²) < 4.78 is 0.984. The molecule has 2 nitrogen and oxygen atoms in total. The van der Waals surface area contributed by atoms with Crippen molar-refractivity contribution in [1.29, 1.82) is 0 Å². The molecule has 0 radical (unpaired) electrons. The number of aliphatic hydroxyl groups excluding tert-OH is 1. The number of hydrogen-bond acceptors (Lipinski definition) is 2. The highest BCUT2D eigenvalue weighted by molar-refractivity contribution is 9.10. The minimum atomic E-state index is -0.581. The van der Waals surface area contributed by atoms with Crippen LogP contribution < -0.4 is 5.32 Å². The van der Waals surface area contributed by atoms with Crippen molar-refractivity contribution in [2.24, 2.45) is 0 Å². The Hall–Kier alpha value is -0.380. The van der Waals surface area contributed by atoms with E-state index < -0.39 is 6.23 Å². The number of rotatable bonds is 2. The third-order valence-electron chi connectivity index (χ3n) is 1.81. The Labute approximate surface area is 80.7 Å². The molecule has 1 atom stereocenters. The minimum absolute atomic E-state index is 0.581. The second-order valence-corrected chi connectivity index (χ2v) is 3.61. The van der Waals surface area contributed by atoms with Gasteiger partial charge in [0.05, 0.1) is 0 Å². The molecule has 0 aliphatic heterocycles. The molecule has 1 aromatic carbocycles. The Morgan fingerprint density at radius 2 is 2.17 bits per heavy atom. The van der Waals surface area contributed by atoms with Crippen molar-refractivity contribution in [2.45, 2.75) is 13.2 Å². The average Bonchev–Trinajstić information content (AvgIpc) is 2.08. The summed E-state index contributed by atoms with van der Waals surface area (Å²) in [6.07, 6.45) is -0.581. The molecule has 0 aliphatic rings. The fourth-order valence-electron chi connectivity index (χ4n) is 1.06. The van der Waals surface area contributed by atoms with Gasteiger partial charge in [-0.05, 0) is 37.2 Å². The first kappa shape index (κ1) is 9.71. The van der Waals surface area contributed by atoms with E-state index in [1.807, 2.05) is 25.1 Å². The van der Waals surface area contributed by atoms with Gasteiger partial charge in [-0.25, -0.2) is 0 Å². The van der Waals surface area contributed by atoms with Crippen molar-refractivity contribution < 1.29 is 5.11 Å². The smallest absolute Gasteiger partial charge is 0.131 e. The zero-order valence-corrected chi connectivity index (χ0v) is 8.72. The maximum Gasteiger partial charge on any atom is 0.131 e. The van der Waals surface area contributed by atoms with Gasteiger partial charge in [0.1, 0.15) is 6.23 Å². The van der Waals surface area contributed by atoms with Crippen molar-refractivity contribution in [3.63, 3.8) is 0 Å². The lowest BCUT2D eigenvalue weighted by molar-refractivity contribution is 0.148. The molecule has 0 heterocycles. The maximum absolute atomic E-state index is 9.50. The quantitative estimate of drug-likeness (QED) is 0.761. The van der Waals surface area contributed by atoms with Crippen LogP contribution in [0.2, 0.25) is 0 Å². The second-order valence-electron chi connectivity index (χ2n) is 2.69. The molecule has 0 spiro atoms. The van der Waals surface area contributed by atoms with Gasteiger partial charge in [0.2, 0.25) is 0 Å². The summed E-state index contributed by atoms with van der Waals surface area (Å²) in [6.45, 7) is 1.97. The van der Waals surface area contributed by atoms with Gasteiger partial charge in [0, 0.05) is 4.47 Å². The van der Waals surface area contributed by atoms with E-state index in [0.717, 1.165) is 15.6 Å². The Bertz CT molecular complexity index is 275. The van der Waals surface area contributed by atoms with Crippen LogP contribution in [0.5, 0.6) is 0 Å². The summed E-state index contributed by atoms with van der Waals surface area (Å²) in [5, 5.41) is 12.3. The van der Waals surface area contributed by atoms with Gasteiger partial charge in [-0.15, -0.1) is 0 Å². The van der Waals surface area contributed by atoms with Gasteiger partial charge in [-0.1, -0.05) is 22.0 Å². The van der Waals surface area contributed by atoms with Crippen molar-refractivity contribution in [3.8, 4) is 0 Å². The standard InChI is InChI=1S/C9H12BrNO/c1-6-3-4-7(10)5-8(6)9(12)11-2/h3-5,9,11-12H,1-2H3. The Morgan fingerprint density at radius 1 is 1.50 bits per heavy atom. The number of hydrogen-bond donors (Lipinski definition) is 2. The zero-order valence-electron chi connectivity index (χ0n) is 7.13. The molecular formula is C9H12BrNO. The summed E-state index contributed by atoms with van der Waals surface area (Å²) in [7, 11) is 1.73. The van der Waals surface area contributed by atoms with Crippen LogP contribution >= 0.6 is 15.9 Å². The highest BCUT2D eigenvalue weighted by Crippen LogP contribution is 2.20. The monoisotopic (exact) mass is 229 g/mol. The Kier molecular flexibility index (Phi) is 3.26. The highest BCUT2D eigenvalue weighted by Gasteiger charge is 2.07. The molecule has 1 aromatic rings. The molecule has 12 heavy (non-hydrogen) atoms. The van der Waals surface area contributed by atoms with E-state index in [1.165, 1.54) is 0 Å². The molecule has 0 aliphatic carbocycles. The van der Waals surface area contributed by atoms with E-state index in [1.54, 1.807) is 7.05 Å². The molecule has 0 saturated carbocycles. The highest BCUT2D eigenvalue weighted by atomic mass is 79.9. The third kappa shape index (κ3) is 2.06. The van der Waals surface area contributed by atoms with E-state index in [9.17, 15) is 5.11 Å². The topological polar surface area (TPSA) is 32.3 Å². The van der Waals surface area contributed by atoms with Gasteiger partial charge in [0.25, 0.3) is 0 Å². The van der Waals surface area contributed by atoms with Crippen LogP contribution in [-0.4, -0.2) is 12.2 Å². The van der Waals surface area contributed by atoms with E-state index in [-0.39, 0.29) is 0 Å². The molecule has 0 amide bonds. The largest absolute Gasteiger partial charge is 0.374 e. The first-order chi connectivity index (χ1) is 5.65. The molecule has 0 fully saturated rings.